The van der Waals surface area contributed by atoms with E-state index in [2.05, 4.69) is 5.32 Å². The highest BCUT2D eigenvalue weighted by atomic mass is 35.5. The Kier molecular flexibility index (Phi) is 6.54. The van der Waals surface area contributed by atoms with Crippen LogP contribution in [-0.4, -0.2) is 29.7 Å². The molecule has 0 radical (unpaired) electrons. The standard InChI is InChI=1S/C17H30N2O2.ClH/c18-16-11-5-3-6-12(16)9-14(8-11)17(21)19-10-13-4-1-2-7-15(13)20;/h11-16,20H,1-10,18H2,(H,19,21);1H. The summed E-state index contributed by atoms with van der Waals surface area (Å²) in [5.41, 5.74) is 6.29. The van der Waals surface area contributed by atoms with E-state index in [9.17, 15) is 9.90 Å². The Balaban J connectivity index is 0.00000176. The lowest BCUT2D eigenvalue weighted by molar-refractivity contribution is -0.128. The fraction of sp³-hybridized carbons (Fsp3) is 0.941. The predicted octanol–water partition coefficient (Wildman–Crippen LogP) is 2.23. The van der Waals surface area contributed by atoms with Gasteiger partial charge in [0.05, 0.1) is 6.10 Å². The van der Waals surface area contributed by atoms with E-state index >= 15 is 0 Å². The zero-order chi connectivity index (χ0) is 14.8. The van der Waals surface area contributed by atoms with Gasteiger partial charge in [0.1, 0.15) is 0 Å². The molecular formula is C17H31ClN2O2. The molecule has 128 valence electrons. The van der Waals surface area contributed by atoms with E-state index in [0.717, 1.165) is 32.1 Å². The Hall–Kier alpha value is -0.320. The van der Waals surface area contributed by atoms with Gasteiger partial charge in [0.15, 0.2) is 0 Å². The third-order valence-electron chi connectivity index (χ3n) is 6.19. The fourth-order valence-electron chi connectivity index (χ4n) is 4.81. The molecule has 4 N–H and O–H groups in total. The van der Waals surface area contributed by atoms with Gasteiger partial charge in [-0.25, -0.2) is 0 Å². The Morgan fingerprint density at radius 1 is 1.05 bits per heavy atom. The smallest absolute Gasteiger partial charge is 0.223 e. The van der Waals surface area contributed by atoms with Crippen molar-refractivity contribution in [3.8, 4) is 0 Å². The van der Waals surface area contributed by atoms with Gasteiger partial charge >= 0.3 is 0 Å². The molecule has 0 aromatic carbocycles. The molecule has 0 saturated heterocycles. The number of aliphatic hydroxyl groups is 1. The molecule has 4 atom stereocenters. The lowest BCUT2D eigenvalue weighted by atomic mass is 9.65. The van der Waals surface area contributed by atoms with Crippen LogP contribution in [-0.2, 0) is 4.79 Å². The summed E-state index contributed by atoms with van der Waals surface area (Å²) in [6.45, 7) is 0.651. The summed E-state index contributed by atoms with van der Waals surface area (Å²) in [6, 6.07) is 0.322. The summed E-state index contributed by atoms with van der Waals surface area (Å²) in [7, 11) is 0. The van der Waals surface area contributed by atoms with Gasteiger partial charge in [0.25, 0.3) is 0 Å². The summed E-state index contributed by atoms with van der Waals surface area (Å²) in [4.78, 5) is 12.5. The summed E-state index contributed by atoms with van der Waals surface area (Å²) >= 11 is 0. The molecule has 22 heavy (non-hydrogen) atoms. The highest BCUT2D eigenvalue weighted by Crippen LogP contribution is 2.41. The minimum absolute atomic E-state index is 0. The van der Waals surface area contributed by atoms with Crippen molar-refractivity contribution in [1.29, 1.82) is 0 Å². The van der Waals surface area contributed by atoms with Crippen LogP contribution in [0.25, 0.3) is 0 Å². The summed E-state index contributed by atoms with van der Waals surface area (Å²) in [6.07, 6.45) is 9.63. The molecule has 0 aromatic rings. The van der Waals surface area contributed by atoms with Gasteiger partial charge in [-0.1, -0.05) is 19.3 Å². The molecule has 0 aromatic heterocycles. The first kappa shape index (κ1) is 18.0. The minimum atomic E-state index is -0.224. The minimum Gasteiger partial charge on any atom is -0.393 e. The summed E-state index contributed by atoms with van der Waals surface area (Å²) in [5, 5.41) is 13.1. The van der Waals surface area contributed by atoms with Crippen LogP contribution in [0, 0.1) is 23.7 Å². The molecule has 3 aliphatic rings. The number of halogens is 1. The number of aliphatic hydroxyl groups excluding tert-OH is 1. The number of amides is 1. The fourth-order valence-corrected chi connectivity index (χ4v) is 4.81. The Labute approximate surface area is 140 Å². The second-order valence-electron chi connectivity index (χ2n) is 7.55. The van der Waals surface area contributed by atoms with Crippen LogP contribution in [0.2, 0.25) is 0 Å². The van der Waals surface area contributed by atoms with Crippen molar-refractivity contribution in [1.82, 2.24) is 5.32 Å². The van der Waals surface area contributed by atoms with E-state index in [1.54, 1.807) is 0 Å². The topological polar surface area (TPSA) is 75.4 Å². The second kappa shape index (κ2) is 7.98. The van der Waals surface area contributed by atoms with Crippen molar-refractivity contribution in [3.05, 3.63) is 0 Å². The van der Waals surface area contributed by atoms with Gasteiger partial charge in [-0.05, 0) is 50.4 Å². The first-order chi connectivity index (χ1) is 10.1. The van der Waals surface area contributed by atoms with E-state index in [1.807, 2.05) is 0 Å². The maximum Gasteiger partial charge on any atom is 0.223 e. The third-order valence-corrected chi connectivity index (χ3v) is 6.19. The summed E-state index contributed by atoms with van der Waals surface area (Å²) < 4.78 is 0. The molecule has 4 nitrogen and oxygen atoms in total. The molecule has 0 spiro atoms. The van der Waals surface area contributed by atoms with Crippen molar-refractivity contribution in [3.63, 3.8) is 0 Å². The molecular weight excluding hydrogens is 300 g/mol. The van der Waals surface area contributed by atoms with Gasteiger partial charge in [-0.2, -0.15) is 0 Å². The van der Waals surface area contributed by atoms with Gasteiger partial charge in [0, 0.05) is 24.4 Å². The average Bonchev–Trinajstić information content (AvgIpc) is 2.46. The van der Waals surface area contributed by atoms with E-state index in [1.165, 1.54) is 25.7 Å². The van der Waals surface area contributed by atoms with Gasteiger partial charge < -0.3 is 16.2 Å². The Morgan fingerprint density at radius 3 is 2.32 bits per heavy atom. The van der Waals surface area contributed by atoms with Crippen molar-refractivity contribution in [2.45, 2.75) is 69.9 Å². The normalized spacial score (nSPS) is 41.4. The van der Waals surface area contributed by atoms with Crippen molar-refractivity contribution in [2.75, 3.05) is 6.54 Å². The summed E-state index contributed by atoms with van der Waals surface area (Å²) in [5.74, 6) is 1.72. The molecule has 4 unspecified atom stereocenters. The lowest BCUT2D eigenvalue weighted by Gasteiger charge is -2.43. The van der Waals surface area contributed by atoms with E-state index in [4.69, 9.17) is 5.73 Å². The van der Waals surface area contributed by atoms with Crippen molar-refractivity contribution < 1.29 is 9.90 Å². The number of hydrogen-bond donors (Lipinski definition) is 3. The van der Waals surface area contributed by atoms with Crippen molar-refractivity contribution >= 4 is 18.3 Å². The van der Waals surface area contributed by atoms with Crippen LogP contribution < -0.4 is 11.1 Å². The third kappa shape index (κ3) is 3.95. The van der Waals surface area contributed by atoms with Gasteiger partial charge in [-0.3, -0.25) is 4.79 Å². The van der Waals surface area contributed by atoms with Crippen LogP contribution in [0.3, 0.4) is 0 Å². The van der Waals surface area contributed by atoms with Gasteiger partial charge in [-0.15, -0.1) is 12.4 Å². The molecule has 1 amide bonds. The number of nitrogens with two attached hydrogens (primary N) is 1. The molecule has 2 bridgehead atoms. The quantitative estimate of drug-likeness (QED) is 0.742. The molecule has 3 rings (SSSR count). The average molecular weight is 331 g/mol. The molecule has 3 aliphatic carbocycles. The van der Waals surface area contributed by atoms with Crippen LogP contribution >= 0.6 is 12.4 Å². The zero-order valence-corrected chi connectivity index (χ0v) is 14.2. The first-order valence-electron chi connectivity index (χ1n) is 8.86. The number of carbonyl (C=O) groups excluding carboxylic acids is 1. The SMILES string of the molecule is Cl.NC1C2CCCC1CC(C(=O)NCC1CCCCC1O)C2. The van der Waals surface area contributed by atoms with E-state index < -0.39 is 0 Å². The first-order valence-corrected chi connectivity index (χ1v) is 8.86. The van der Waals surface area contributed by atoms with Crippen molar-refractivity contribution in [2.24, 2.45) is 29.4 Å². The number of carbonyl (C=O) groups is 1. The van der Waals surface area contributed by atoms with E-state index in [0.29, 0.717) is 24.4 Å². The number of fused-ring (bicyclic) bond motifs is 2. The van der Waals surface area contributed by atoms with Crippen LogP contribution in [0.1, 0.15) is 57.8 Å². The second-order valence-corrected chi connectivity index (χ2v) is 7.55. The van der Waals surface area contributed by atoms with Crippen LogP contribution in [0.15, 0.2) is 0 Å². The zero-order valence-electron chi connectivity index (χ0n) is 13.4. The van der Waals surface area contributed by atoms with Gasteiger partial charge in [0.2, 0.25) is 5.91 Å². The molecule has 3 saturated carbocycles. The largest absolute Gasteiger partial charge is 0.393 e. The highest BCUT2D eigenvalue weighted by molar-refractivity contribution is 5.85. The maximum atomic E-state index is 12.5. The number of nitrogens with one attached hydrogen (secondary N) is 1. The maximum absolute atomic E-state index is 12.5. The Bertz CT molecular complexity index is 366. The number of hydrogen-bond acceptors (Lipinski definition) is 3. The molecule has 5 heteroatoms. The highest BCUT2D eigenvalue weighted by Gasteiger charge is 2.40. The number of rotatable bonds is 3. The van der Waals surface area contributed by atoms with Crippen LogP contribution in [0.5, 0.6) is 0 Å². The Morgan fingerprint density at radius 2 is 1.68 bits per heavy atom. The molecule has 3 fully saturated rings. The monoisotopic (exact) mass is 330 g/mol. The molecule has 0 aliphatic heterocycles. The molecule has 0 heterocycles. The van der Waals surface area contributed by atoms with E-state index in [-0.39, 0.29) is 36.3 Å². The van der Waals surface area contributed by atoms with Crippen LogP contribution in [0.4, 0.5) is 0 Å². The lowest BCUT2D eigenvalue weighted by Crippen LogP contribution is -2.49. The predicted molar refractivity (Wildman–Crippen MR) is 89.8 cm³/mol.